The van der Waals surface area contributed by atoms with Crippen LogP contribution in [-0.4, -0.2) is 30.8 Å². The first kappa shape index (κ1) is 13.2. The minimum atomic E-state index is 0.232. The van der Waals surface area contributed by atoms with Gasteiger partial charge in [-0.2, -0.15) is 0 Å². The standard InChI is InChI=1S/C10H23N3O/c1-3-6-12-10(11)13-8-9(4-2)5-7-14/h9,14H,3-8H2,1-2H3,(H3,11,12,13). The molecule has 0 aliphatic heterocycles. The van der Waals surface area contributed by atoms with E-state index in [2.05, 4.69) is 24.2 Å². The first-order valence-electron chi connectivity index (χ1n) is 5.39. The average Bonchev–Trinajstić information content (AvgIpc) is 2.21. The van der Waals surface area contributed by atoms with E-state index < -0.39 is 0 Å². The third kappa shape index (κ3) is 6.71. The van der Waals surface area contributed by atoms with Crippen molar-refractivity contribution in [1.29, 1.82) is 0 Å². The number of rotatable bonds is 7. The van der Waals surface area contributed by atoms with Crippen LogP contribution in [0.25, 0.3) is 0 Å². The van der Waals surface area contributed by atoms with Crippen LogP contribution >= 0.6 is 0 Å². The van der Waals surface area contributed by atoms with E-state index in [-0.39, 0.29) is 6.61 Å². The van der Waals surface area contributed by atoms with Crippen LogP contribution in [0.4, 0.5) is 0 Å². The molecule has 0 heterocycles. The molecule has 0 amide bonds. The van der Waals surface area contributed by atoms with Crippen molar-refractivity contribution in [1.82, 2.24) is 5.32 Å². The van der Waals surface area contributed by atoms with Gasteiger partial charge in [0, 0.05) is 19.7 Å². The van der Waals surface area contributed by atoms with Gasteiger partial charge in [0.15, 0.2) is 5.96 Å². The molecule has 14 heavy (non-hydrogen) atoms. The summed E-state index contributed by atoms with van der Waals surface area (Å²) in [6.07, 6.45) is 2.89. The Morgan fingerprint density at radius 3 is 2.71 bits per heavy atom. The predicted molar refractivity (Wildman–Crippen MR) is 60.3 cm³/mol. The maximum atomic E-state index is 8.78. The molecule has 0 saturated heterocycles. The van der Waals surface area contributed by atoms with E-state index in [4.69, 9.17) is 10.8 Å². The van der Waals surface area contributed by atoms with Gasteiger partial charge in [0.25, 0.3) is 0 Å². The molecule has 84 valence electrons. The minimum absolute atomic E-state index is 0.232. The molecule has 0 saturated carbocycles. The number of guanidine groups is 1. The maximum absolute atomic E-state index is 8.78. The predicted octanol–water partition coefficient (Wildman–Crippen LogP) is 0.709. The van der Waals surface area contributed by atoms with Gasteiger partial charge in [0.1, 0.15) is 0 Å². The molecule has 4 nitrogen and oxygen atoms in total. The van der Waals surface area contributed by atoms with Crippen molar-refractivity contribution >= 4 is 5.96 Å². The molecule has 4 N–H and O–H groups in total. The summed E-state index contributed by atoms with van der Waals surface area (Å²) in [5.74, 6) is 0.963. The van der Waals surface area contributed by atoms with Crippen LogP contribution in [0.1, 0.15) is 33.1 Å². The van der Waals surface area contributed by atoms with Gasteiger partial charge in [-0.05, 0) is 18.8 Å². The minimum Gasteiger partial charge on any atom is -0.396 e. The number of aliphatic hydroxyl groups is 1. The van der Waals surface area contributed by atoms with Crippen molar-refractivity contribution in [3.63, 3.8) is 0 Å². The number of nitrogens with zero attached hydrogens (tertiary/aromatic N) is 1. The van der Waals surface area contributed by atoms with Crippen LogP contribution < -0.4 is 11.1 Å². The van der Waals surface area contributed by atoms with Crippen molar-refractivity contribution < 1.29 is 5.11 Å². The van der Waals surface area contributed by atoms with E-state index in [0.29, 0.717) is 18.4 Å². The van der Waals surface area contributed by atoms with Crippen molar-refractivity contribution in [2.45, 2.75) is 33.1 Å². The fourth-order valence-corrected chi connectivity index (χ4v) is 1.14. The van der Waals surface area contributed by atoms with Crippen LogP contribution in [0.5, 0.6) is 0 Å². The Bertz CT molecular complexity index is 159. The normalized spacial score (nSPS) is 14.1. The Hall–Kier alpha value is -0.770. The van der Waals surface area contributed by atoms with Crippen molar-refractivity contribution in [2.75, 3.05) is 19.7 Å². The lowest BCUT2D eigenvalue weighted by atomic mass is 10.0. The highest BCUT2D eigenvalue weighted by atomic mass is 16.3. The maximum Gasteiger partial charge on any atom is 0.188 e. The lowest BCUT2D eigenvalue weighted by Gasteiger charge is -2.10. The molecule has 0 aliphatic rings. The molecule has 0 rings (SSSR count). The van der Waals surface area contributed by atoms with Crippen molar-refractivity contribution in [2.24, 2.45) is 16.6 Å². The van der Waals surface area contributed by atoms with E-state index >= 15 is 0 Å². The molecule has 0 aromatic rings. The van der Waals surface area contributed by atoms with Gasteiger partial charge < -0.3 is 16.2 Å². The summed E-state index contributed by atoms with van der Waals surface area (Å²) in [5, 5.41) is 11.8. The lowest BCUT2D eigenvalue weighted by Crippen LogP contribution is -2.32. The summed E-state index contributed by atoms with van der Waals surface area (Å²) in [6, 6.07) is 0. The molecule has 0 spiro atoms. The smallest absolute Gasteiger partial charge is 0.188 e. The summed E-state index contributed by atoms with van der Waals surface area (Å²) in [4.78, 5) is 4.22. The van der Waals surface area contributed by atoms with E-state index in [0.717, 1.165) is 25.8 Å². The highest BCUT2D eigenvalue weighted by Crippen LogP contribution is 2.07. The Balaban J connectivity index is 3.73. The Kier molecular flexibility index (Phi) is 8.33. The topological polar surface area (TPSA) is 70.6 Å². The summed E-state index contributed by atoms with van der Waals surface area (Å²) < 4.78 is 0. The Morgan fingerprint density at radius 2 is 2.21 bits per heavy atom. The average molecular weight is 201 g/mol. The van der Waals surface area contributed by atoms with Gasteiger partial charge in [-0.3, -0.25) is 4.99 Å². The molecule has 1 atom stereocenters. The van der Waals surface area contributed by atoms with Gasteiger partial charge in [-0.15, -0.1) is 0 Å². The molecule has 0 aliphatic carbocycles. The van der Waals surface area contributed by atoms with E-state index in [1.54, 1.807) is 0 Å². The zero-order chi connectivity index (χ0) is 10.8. The first-order valence-corrected chi connectivity index (χ1v) is 5.39. The van der Waals surface area contributed by atoms with Crippen molar-refractivity contribution in [3.8, 4) is 0 Å². The zero-order valence-electron chi connectivity index (χ0n) is 9.29. The third-order valence-electron chi connectivity index (χ3n) is 2.19. The number of hydrogen-bond donors (Lipinski definition) is 3. The van der Waals surface area contributed by atoms with Gasteiger partial charge in [-0.25, -0.2) is 0 Å². The monoisotopic (exact) mass is 201 g/mol. The van der Waals surface area contributed by atoms with Crippen LogP contribution in [0.15, 0.2) is 4.99 Å². The molecule has 0 radical (unpaired) electrons. The van der Waals surface area contributed by atoms with E-state index in [1.807, 2.05) is 0 Å². The van der Waals surface area contributed by atoms with Gasteiger partial charge in [0.05, 0.1) is 0 Å². The molecular formula is C10H23N3O. The summed E-state index contributed by atoms with van der Waals surface area (Å²) >= 11 is 0. The fourth-order valence-electron chi connectivity index (χ4n) is 1.14. The molecule has 1 unspecified atom stereocenters. The van der Waals surface area contributed by atoms with Crippen molar-refractivity contribution in [3.05, 3.63) is 0 Å². The van der Waals surface area contributed by atoms with Crippen LogP contribution in [0, 0.1) is 5.92 Å². The molecule has 0 aromatic carbocycles. The summed E-state index contributed by atoms with van der Waals surface area (Å²) in [6.45, 7) is 5.99. The highest BCUT2D eigenvalue weighted by molar-refractivity contribution is 5.77. The number of nitrogens with one attached hydrogen (secondary N) is 1. The number of hydrogen-bond acceptors (Lipinski definition) is 2. The molecular weight excluding hydrogens is 178 g/mol. The number of nitrogens with two attached hydrogens (primary N) is 1. The van der Waals surface area contributed by atoms with Crippen LogP contribution in [-0.2, 0) is 0 Å². The summed E-state index contributed by atoms with van der Waals surface area (Å²) in [5.41, 5.74) is 5.64. The first-order chi connectivity index (χ1) is 6.74. The van der Waals surface area contributed by atoms with Gasteiger partial charge in [-0.1, -0.05) is 20.3 Å². The van der Waals surface area contributed by atoms with Gasteiger partial charge >= 0.3 is 0 Å². The fraction of sp³-hybridized carbons (Fsp3) is 0.900. The largest absolute Gasteiger partial charge is 0.396 e. The third-order valence-corrected chi connectivity index (χ3v) is 2.19. The Labute approximate surface area is 86.6 Å². The quantitative estimate of drug-likeness (QED) is 0.419. The second-order valence-electron chi connectivity index (χ2n) is 3.44. The second kappa shape index (κ2) is 8.81. The molecule has 0 aromatic heterocycles. The molecule has 4 heteroatoms. The van der Waals surface area contributed by atoms with Gasteiger partial charge in [0.2, 0.25) is 0 Å². The lowest BCUT2D eigenvalue weighted by molar-refractivity contribution is 0.256. The SMILES string of the molecule is CCCNC(N)=NCC(CC)CCO. The van der Waals surface area contributed by atoms with E-state index in [1.165, 1.54) is 0 Å². The number of aliphatic hydroxyl groups excluding tert-OH is 1. The molecule has 0 fully saturated rings. The van der Waals surface area contributed by atoms with Crippen LogP contribution in [0.3, 0.4) is 0 Å². The molecule has 0 bridgehead atoms. The number of aliphatic imine (C=N–C) groups is 1. The van der Waals surface area contributed by atoms with E-state index in [9.17, 15) is 0 Å². The Morgan fingerprint density at radius 1 is 1.50 bits per heavy atom. The highest BCUT2D eigenvalue weighted by Gasteiger charge is 2.04. The summed E-state index contributed by atoms with van der Waals surface area (Å²) in [7, 11) is 0. The van der Waals surface area contributed by atoms with Crippen LogP contribution in [0.2, 0.25) is 0 Å². The zero-order valence-corrected chi connectivity index (χ0v) is 9.29. The second-order valence-corrected chi connectivity index (χ2v) is 3.44.